The number of nitriles is 1. The Morgan fingerprint density at radius 3 is 2.41 bits per heavy atom. The highest BCUT2D eigenvalue weighted by molar-refractivity contribution is 5.60. The molecule has 4 aromatic rings. The van der Waals surface area contributed by atoms with Gasteiger partial charge in [-0.1, -0.05) is 18.2 Å². The Labute approximate surface area is 170 Å². The quantitative estimate of drug-likeness (QED) is 0.528. The number of imidazole rings is 1. The van der Waals surface area contributed by atoms with Crippen LogP contribution in [0.15, 0.2) is 73.2 Å². The minimum Gasteiger partial charge on any atom is -0.381 e. The monoisotopic (exact) mass is 379 g/mol. The number of benzene rings is 2. The Hall–Kier alpha value is -3.91. The van der Waals surface area contributed by atoms with Crippen molar-refractivity contribution in [3.05, 3.63) is 95.7 Å². The van der Waals surface area contributed by atoms with E-state index >= 15 is 0 Å². The molecule has 0 aliphatic heterocycles. The average molecular weight is 379 g/mol. The maximum absolute atomic E-state index is 9.50. The van der Waals surface area contributed by atoms with E-state index in [1.54, 1.807) is 17.0 Å². The van der Waals surface area contributed by atoms with E-state index in [9.17, 15) is 5.26 Å². The summed E-state index contributed by atoms with van der Waals surface area (Å²) in [6.07, 6.45) is 5.33. The fraction of sp³-hybridized carbons (Fsp3) is 0.125. The van der Waals surface area contributed by atoms with Crippen molar-refractivity contribution in [2.45, 2.75) is 20.4 Å². The summed E-state index contributed by atoms with van der Waals surface area (Å²) in [6, 6.07) is 20.3. The van der Waals surface area contributed by atoms with Crippen LogP contribution in [0.1, 0.15) is 22.5 Å². The number of anilines is 1. The van der Waals surface area contributed by atoms with Crippen molar-refractivity contribution < 1.29 is 0 Å². The van der Waals surface area contributed by atoms with Gasteiger partial charge in [0.25, 0.3) is 0 Å². The van der Waals surface area contributed by atoms with Gasteiger partial charge in [-0.3, -0.25) is 9.55 Å². The molecule has 29 heavy (non-hydrogen) atoms. The van der Waals surface area contributed by atoms with Crippen molar-refractivity contribution in [1.82, 2.24) is 14.5 Å². The zero-order valence-electron chi connectivity index (χ0n) is 16.4. The van der Waals surface area contributed by atoms with Crippen LogP contribution in [0.5, 0.6) is 0 Å². The first-order valence-electron chi connectivity index (χ1n) is 9.45. The Kier molecular flexibility index (Phi) is 5.08. The second kappa shape index (κ2) is 7.99. The summed E-state index contributed by atoms with van der Waals surface area (Å²) >= 11 is 0. The maximum atomic E-state index is 9.50. The lowest BCUT2D eigenvalue weighted by Crippen LogP contribution is -2.04. The van der Waals surface area contributed by atoms with Crippen molar-refractivity contribution in [3.8, 4) is 23.0 Å². The number of aromatic nitrogens is 3. The van der Waals surface area contributed by atoms with E-state index in [0.29, 0.717) is 5.82 Å². The van der Waals surface area contributed by atoms with E-state index in [2.05, 4.69) is 53.4 Å². The van der Waals surface area contributed by atoms with Gasteiger partial charge in [0, 0.05) is 42.1 Å². The molecular formula is C24H21N5. The predicted molar refractivity (Wildman–Crippen MR) is 115 cm³/mol. The van der Waals surface area contributed by atoms with Gasteiger partial charge in [0.1, 0.15) is 6.07 Å². The number of nitrogens with zero attached hydrogens (tertiary/aromatic N) is 4. The van der Waals surface area contributed by atoms with E-state index in [0.717, 1.165) is 29.2 Å². The highest BCUT2D eigenvalue weighted by atomic mass is 15.1. The fourth-order valence-corrected chi connectivity index (χ4v) is 3.37. The first-order chi connectivity index (χ1) is 14.2. The number of hydrogen-bond donors (Lipinski definition) is 1. The van der Waals surface area contributed by atoms with Crippen LogP contribution in [0.25, 0.3) is 16.9 Å². The molecule has 2 heterocycles. The van der Waals surface area contributed by atoms with Gasteiger partial charge >= 0.3 is 0 Å². The van der Waals surface area contributed by atoms with Crippen LogP contribution in [0.4, 0.5) is 5.69 Å². The SMILES string of the molecule is Cc1cccc(C)c1CNc1ccc(-n2cc(-c3cccnc3)nc2C#N)cc1. The summed E-state index contributed by atoms with van der Waals surface area (Å²) in [5, 5.41) is 13.0. The summed E-state index contributed by atoms with van der Waals surface area (Å²) in [4.78, 5) is 8.57. The van der Waals surface area contributed by atoms with E-state index in [4.69, 9.17) is 0 Å². The van der Waals surface area contributed by atoms with Crippen molar-refractivity contribution in [3.63, 3.8) is 0 Å². The second-order valence-electron chi connectivity index (χ2n) is 6.94. The molecule has 0 radical (unpaired) electrons. The molecule has 0 aliphatic rings. The van der Waals surface area contributed by atoms with Gasteiger partial charge in [-0.05, 0) is 66.9 Å². The molecule has 2 aromatic heterocycles. The van der Waals surface area contributed by atoms with Gasteiger partial charge in [0.2, 0.25) is 5.82 Å². The Balaban J connectivity index is 1.55. The largest absolute Gasteiger partial charge is 0.381 e. The summed E-state index contributed by atoms with van der Waals surface area (Å²) in [7, 11) is 0. The van der Waals surface area contributed by atoms with Gasteiger partial charge in [-0.2, -0.15) is 5.26 Å². The zero-order valence-corrected chi connectivity index (χ0v) is 16.4. The van der Waals surface area contributed by atoms with Crippen LogP contribution in [0, 0.1) is 25.2 Å². The topological polar surface area (TPSA) is 66.5 Å². The molecule has 0 atom stereocenters. The number of aryl methyl sites for hydroxylation is 2. The van der Waals surface area contributed by atoms with Crippen LogP contribution in [-0.4, -0.2) is 14.5 Å². The Morgan fingerprint density at radius 2 is 1.76 bits per heavy atom. The van der Waals surface area contributed by atoms with Crippen LogP contribution in [-0.2, 0) is 6.54 Å². The lowest BCUT2D eigenvalue weighted by molar-refractivity contribution is 1.02. The molecule has 0 fully saturated rings. The van der Waals surface area contributed by atoms with E-state index in [1.165, 1.54) is 16.7 Å². The van der Waals surface area contributed by atoms with Crippen LogP contribution >= 0.6 is 0 Å². The Bertz CT molecular complexity index is 1150. The lowest BCUT2D eigenvalue weighted by atomic mass is 10.0. The van der Waals surface area contributed by atoms with E-state index in [1.807, 2.05) is 42.6 Å². The van der Waals surface area contributed by atoms with Gasteiger partial charge in [-0.25, -0.2) is 4.98 Å². The summed E-state index contributed by atoms with van der Waals surface area (Å²) in [6.45, 7) is 5.04. The fourth-order valence-electron chi connectivity index (χ4n) is 3.37. The number of rotatable bonds is 5. The second-order valence-corrected chi connectivity index (χ2v) is 6.94. The third kappa shape index (κ3) is 3.87. The molecule has 0 bridgehead atoms. The standard InChI is InChI=1S/C24H21N5/c1-17-5-3-6-18(2)22(17)15-27-20-8-10-21(11-9-20)29-16-23(28-24(29)13-25)19-7-4-12-26-14-19/h3-12,14,16,27H,15H2,1-2H3. The summed E-state index contributed by atoms with van der Waals surface area (Å²) in [5.74, 6) is 0.347. The van der Waals surface area contributed by atoms with Gasteiger partial charge < -0.3 is 5.32 Å². The molecular weight excluding hydrogens is 358 g/mol. The molecule has 2 aromatic carbocycles. The van der Waals surface area contributed by atoms with Crippen molar-refractivity contribution in [2.24, 2.45) is 0 Å². The minimum absolute atomic E-state index is 0.347. The number of pyridine rings is 1. The highest BCUT2D eigenvalue weighted by Gasteiger charge is 2.11. The number of nitrogens with one attached hydrogen (secondary N) is 1. The molecule has 0 spiro atoms. The smallest absolute Gasteiger partial charge is 0.217 e. The average Bonchev–Trinajstić information content (AvgIpc) is 3.19. The molecule has 0 saturated carbocycles. The molecule has 0 saturated heterocycles. The molecule has 5 heteroatoms. The van der Waals surface area contributed by atoms with Crippen LogP contribution < -0.4 is 5.32 Å². The van der Waals surface area contributed by atoms with Crippen molar-refractivity contribution >= 4 is 5.69 Å². The molecule has 0 aliphatic carbocycles. The highest BCUT2D eigenvalue weighted by Crippen LogP contribution is 2.22. The number of hydrogen-bond acceptors (Lipinski definition) is 4. The molecule has 0 unspecified atom stereocenters. The molecule has 5 nitrogen and oxygen atoms in total. The van der Waals surface area contributed by atoms with Crippen molar-refractivity contribution in [1.29, 1.82) is 5.26 Å². The van der Waals surface area contributed by atoms with Gasteiger partial charge in [0.15, 0.2) is 0 Å². The third-order valence-corrected chi connectivity index (χ3v) is 5.02. The normalized spacial score (nSPS) is 10.5. The van der Waals surface area contributed by atoms with Crippen LogP contribution in [0.3, 0.4) is 0 Å². The lowest BCUT2D eigenvalue weighted by Gasteiger charge is -2.12. The first-order valence-corrected chi connectivity index (χ1v) is 9.45. The van der Waals surface area contributed by atoms with Gasteiger partial charge in [0.05, 0.1) is 5.69 Å². The van der Waals surface area contributed by atoms with E-state index < -0.39 is 0 Å². The summed E-state index contributed by atoms with van der Waals surface area (Å²) < 4.78 is 1.80. The minimum atomic E-state index is 0.347. The third-order valence-electron chi connectivity index (χ3n) is 5.02. The molecule has 4 rings (SSSR count). The molecule has 0 amide bonds. The van der Waals surface area contributed by atoms with Crippen molar-refractivity contribution in [2.75, 3.05) is 5.32 Å². The Morgan fingerprint density at radius 1 is 1.00 bits per heavy atom. The summed E-state index contributed by atoms with van der Waals surface area (Å²) in [5.41, 5.74) is 7.42. The van der Waals surface area contributed by atoms with E-state index in [-0.39, 0.29) is 0 Å². The van der Waals surface area contributed by atoms with Crippen LogP contribution in [0.2, 0.25) is 0 Å². The molecule has 1 N–H and O–H groups in total. The zero-order chi connectivity index (χ0) is 20.2. The first kappa shape index (κ1) is 18.5. The molecule has 142 valence electrons. The van der Waals surface area contributed by atoms with Gasteiger partial charge in [-0.15, -0.1) is 0 Å². The maximum Gasteiger partial charge on any atom is 0.217 e. The predicted octanol–water partition coefficient (Wildman–Crippen LogP) is 5.03.